The zero-order chi connectivity index (χ0) is 22.8. The zero-order valence-electron chi connectivity index (χ0n) is 18.6. The topological polar surface area (TPSA) is 111 Å². The SMILES string of the molecule is CC1(C)OB(c2ccc(C[C@H](NC(=O)C3CCCCN3[C]=O)C(N)=O)cc2)OC1(C)C. The molecule has 2 heterocycles. The van der Waals surface area contributed by atoms with E-state index in [0.29, 0.717) is 13.0 Å². The van der Waals surface area contributed by atoms with Crippen LogP contribution < -0.4 is 16.5 Å². The summed E-state index contributed by atoms with van der Waals surface area (Å²) in [7, 11) is -0.470. The Morgan fingerprint density at radius 3 is 2.35 bits per heavy atom. The molecule has 1 unspecified atom stereocenters. The summed E-state index contributed by atoms with van der Waals surface area (Å²) >= 11 is 0. The van der Waals surface area contributed by atoms with Gasteiger partial charge in [0.15, 0.2) is 0 Å². The number of nitrogens with two attached hydrogens (primary N) is 1. The van der Waals surface area contributed by atoms with E-state index in [1.807, 2.05) is 58.4 Å². The minimum atomic E-state index is -0.870. The first-order valence-corrected chi connectivity index (χ1v) is 10.7. The summed E-state index contributed by atoms with van der Waals surface area (Å²) in [6, 6.07) is 6.04. The van der Waals surface area contributed by atoms with Crippen LogP contribution in [0, 0.1) is 0 Å². The fraction of sp³-hybridized carbons (Fsp3) is 0.591. The number of nitrogens with zero attached hydrogens (tertiary/aromatic N) is 1. The highest BCUT2D eigenvalue weighted by Crippen LogP contribution is 2.36. The van der Waals surface area contributed by atoms with E-state index >= 15 is 0 Å². The summed E-state index contributed by atoms with van der Waals surface area (Å²) in [6.45, 7) is 8.48. The van der Waals surface area contributed by atoms with Crippen LogP contribution in [0.25, 0.3) is 0 Å². The van der Waals surface area contributed by atoms with E-state index in [1.54, 1.807) is 0 Å². The van der Waals surface area contributed by atoms with Crippen molar-refractivity contribution < 1.29 is 23.7 Å². The molecule has 3 amide bonds. The molecule has 2 saturated heterocycles. The van der Waals surface area contributed by atoms with Crippen molar-refractivity contribution in [3.05, 3.63) is 29.8 Å². The average Bonchev–Trinajstić information content (AvgIpc) is 2.94. The van der Waals surface area contributed by atoms with Gasteiger partial charge in [0, 0.05) is 13.0 Å². The Balaban J connectivity index is 1.65. The quantitative estimate of drug-likeness (QED) is 0.612. The van der Waals surface area contributed by atoms with Crippen molar-refractivity contribution >= 4 is 30.8 Å². The van der Waals surface area contributed by atoms with Gasteiger partial charge in [-0.25, -0.2) is 0 Å². The van der Waals surface area contributed by atoms with Gasteiger partial charge in [-0.3, -0.25) is 14.4 Å². The fourth-order valence-corrected chi connectivity index (χ4v) is 3.83. The predicted octanol–water partition coefficient (Wildman–Crippen LogP) is 0.420. The maximum absolute atomic E-state index is 12.6. The Bertz CT molecular complexity index is 811. The van der Waals surface area contributed by atoms with Crippen molar-refractivity contribution in [2.45, 2.75) is 76.7 Å². The Hall–Kier alpha value is -2.39. The van der Waals surface area contributed by atoms with Crippen molar-refractivity contribution in [1.82, 2.24) is 10.2 Å². The largest absolute Gasteiger partial charge is 0.494 e. The summed E-state index contributed by atoms with van der Waals surface area (Å²) in [5.41, 5.74) is 6.40. The van der Waals surface area contributed by atoms with Gasteiger partial charge in [0.25, 0.3) is 0 Å². The third kappa shape index (κ3) is 5.10. The number of piperidine rings is 1. The lowest BCUT2D eigenvalue weighted by Gasteiger charge is -2.32. The molecule has 8 nitrogen and oxygen atoms in total. The van der Waals surface area contributed by atoms with Crippen LogP contribution >= 0.6 is 0 Å². The molecular weight excluding hydrogens is 397 g/mol. The Morgan fingerprint density at radius 2 is 1.81 bits per heavy atom. The molecule has 2 fully saturated rings. The third-order valence-electron chi connectivity index (χ3n) is 6.53. The van der Waals surface area contributed by atoms with Crippen molar-refractivity contribution in [1.29, 1.82) is 0 Å². The molecule has 167 valence electrons. The molecular formula is C22H31BN3O5. The average molecular weight is 428 g/mol. The van der Waals surface area contributed by atoms with Gasteiger partial charge in [-0.1, -0.05) is 24.3 Å². The summed E-state index contributed by atoms with van der Waals surface area (Å²) < 4.78 is 12.1. The van der Waals surface area contributed by atoms with Gasteiger partial charge in [-0.15, -0.1) is 0 Å². The van der Waals surface area contributed by atoms with Crippen LogP contribution in [0.3, 0.4) is 0 Å². The highest BCUT2D eigenvalue weighted by atomic mass is 16.7. The van der Waals surface area contributed by atoms with Crippen LogP contribution in [0.1, 0.15) is 52.5 Å². The van der Waals surface area contributed by atoms with E-state index < -0.39 is 36.3 Å². The lowest BCUT2D eigenvalue weighted by Crippen LogP contribution is -2.54. The van der Waals surface area contributed by atoms with Crippen molar-refractivity contribution in [2.24, 2.45) is 5.73 Å². The number of carbonyl (C=O) groups is 2. The van der Waals surface area contributed by atoms with E-state index in [2.05, 4.69) is 5.32 Å². The normalized spacial score (nSPS) is 23.3. The predicted molar refractivity (Wildman–Crippen MR) is 117 cm³/mol. The van der Waals surface area contributed by atoms with Crippen LogP contribution in [-0.4, -0.2) is 60.1 Å². The molecule has 1 aromatic rings. The van der Waals surface area contributed by atoms with Crippen molar-refractivity contribution in [3.63, 3.8) is 0 Å². The van der Waals surface area contributed by atoms with E-state index in [1.165, 1.54) is 4.90 Å². The molecule has 2 aliphatic rings. The molecule has 1 aromatic carbocycles. The first-order valence-electron chi connectivity index (χ1n) is 10.7. The van der Waals surface area contributed by atoms with E-state index in [9.17, 15) is 14.4 Å². The Labute approximate surface area is 184 Å². The summed E-state index contributed by atoms with van der Waals surface area (Å²) in [5, 5.41) is 2.71. The molecule has 0 bridgehead atoms. The molecule has 9 heteroatoms. The lowest BCUT2D eigenvalue weighted by atomic mass is 9.78. The molecule has 0 aliphatic carbocycles. The number of primary amides is 1. The number of amides is 3. The first-order chi connectivity index (χ1) is 14.5. The standard InChI is InChI=1S/C22H31BN3O5/c1-21(2)22(3,4)31-23(30-21)16-10-8-15(9-11-16)13-17(19(24)28)25-20(29)18-7-5-6-12-26(18)14-27/h8-11,17-18H,5-7,12-13H2,1-4H3,(H2,24,28)(H,25,29)/t17-,18?/m0/s1. The molecule has 3 rings (SSSR count). The van der Waals surface area contributed by atoms with Crippen LogP contribution in [0.4, 0.5) is 0 Å². The highest BCUT2D eigenvalue weighted by Gasteiger charge is 2.51. The molecule has 1 radical (unpaired) electrons. The van der Waals surface area contributed by atoms with Crippen molar-refractivity contribution in [2.75, 3.05) is 6.54 Å². The molecule has 2 aliphatic heterocycles. The van der Waals surface area contributed by atoms with Gasteiger partial charge < -0.3 is 25.3 Å². The van der Waals surface area contributed by atoms with E-state index in [0.717, 1.165) is 23.9 Å². The van der Waals surface area contributed by atoms with Crippen LogP contribution in [-0.2, 0) is 30.1 Å². The smallest absolute Gasteiger partial charge is 0.399 e. The molecule has 0 aromatic heterocycles. The Kier molecular flexibility index (Phi) is 6.76. The second kappa shape index (κ2) is 9.00. The minimum Gasteiger partial charge on any atom is -0.399 e. The monoisotopic (exact) mass is 428 g/mol. The number of rotatable bonds is 7. The third-order valence-corrected chi connectivity index (χ3v) is 6.53. The van der Waals surface area contributed by atoms with E-state index in [-0.39, 0.29) is 12.3 Å². The van der Waals surface area contributed by atoms with Gasteiger partial charge in [-0.05, 0) is 58.0 Å². The summed E-state index contributed by atoms with van der Waals surface area (Å²) in [5.74, 6) is -0.999. The maximum Gasteiger partial charge on any atom is 0.494 e. The van der Waals surface area contributed by atoms with Crippen molar-refractivity contribution in [3.8, 4) is 0 Å². The lowest BCUT2D eigenvalue weighted by molar-refractivity contribution is -0.130. The van der Waals surface area contributed by atoms with Gasteiger partial charge in [0.2, 0.25) is 11.8 Å². The highest BCUT2D eigenvalue weighted by molar-refractivity contribution is 6.62. The number of hydrogen-bond donors (Lipinski definition) is 2. The second-order valence-corrected chi connectivity index (χ2v) is 9.29. The number of nitrogens with one attached hydrogen (secondary N) is 1. The van der Waals surface area contributed by atoms with Crippen LogP contribution in [0.15, 0.2) is 24.3 Å². The molecule has 0 spiro atoms. The van der Waals surface area contributed by atoms with Gasteiger partial charge >= 0.3 is 13.5 Å². The first kappa shape index (κ1) is 23.3. The number of hydrogen-bond acceptors (Lipinski definition) is 5. The number of benzene rings is 1. The number of likely N-dealkylation sites (tertiary alicyclic amines) is 1. The number of carbonyl (C=O) groups excluding carboxylic acids is 3. The second-order valence-electron chi connectivity index (χ2n) is 9.29. The summed E-state index contributed by atoms with van der Waals surface area (Å²) in [4.78, 5) is 37.1. The minimum absolute atomic E-state index is 0.252. The maximum atomic E-state index is 12.6. The fourth-order valence-electron chi connectivity index (χ4n) is 3.83. The molecule has 31 heavy (non-hydrogen) atoms. The molecule has 2 atom stereocenters. The zero-order valence-corrected chi connectivity index (χ0v) is 18.6. The molecule has 0 saturated carbocycles. The Morgan fingerprint density at radius 1 is 1.19 bits per heavy atom. The van der Waals surface area contributed by atoms with Crippen LogP contribution in [0.2, 0.25) is 0 Å². The van der Waals surface area contributed by atoms with Gasteiger partial charge in [-0.2, -0.15) is 0 Å². The van der Waals surface area contributed by atoms with Gasteiger partial charge in [0.1, 0.15) is 12.1 Å². The van der Waals surface area contributed by atoms with Gasteiger partial charge in [0.05, 0.1) is 11.2 Å². The van der Waals surface area contributed by atoms with Crippen LogP contribution in [0.5, 0.6) is 0 Å². The van der Waals surface area contributed by atoms with E-state index in [4.69, 9.17) is 15.0 Å². The summed E-state index contributed by atoms with van der Waals surface area (Å²) in [6.07, 6.45) is 4.30. The molecule has 3 N–H and O–H groups in total.